The van der Waals surface area contributed by atoms with Gasteiger partial charge in [-0.05, 0) is 36.4 Å². The molecule has 0 bridgehead atoms. The maximum absolute atomic E-state index is 12.5. The number of rotatable bonds is 5. The van der Waals surface area contributed by atoms with E-state index in [0.29, 0.717) is 33.1 Å². The lowest BCUT2D eigenvalue weighted by atomic mass is 10.2. The second kappa shape index (κ2) is 7.99. The van der Waals surface area contributed by atoms with Crippen molar-refractivity contribution in [3.05, 3.63) is 64.4 Å². The fourth-order valence-corrected chi connectivity index (χ4v) is 3.75. The minimum Gasteiger partial charge on any atom is -0.497 e. The second-order valence-electron chi connectivity index (χ2n) is 6.39. The number of nitrogens with zero attached hydrogens (tertiary/aromatic N) is 4. The highest BCUT2D eigenvalue weighted by molar-refractivity contribution is 7.99. The third-order valence-corrected chi connectivity index (χ3v) is 5.46. The fourth-order valence-electron chi connectivity index (χ4n) is 3.01. The number of fused-ring (bicyclic) bond motifs is 3. The van der Waals surface area contributed by atoms with E-state index in [-0.39, 0.29) is 11.3 Å². The summed E-state index contributed by atoms with van der Waals surface area (Å²) in [4.78, 5) is 37.0. The molecule has 9 nitrogen and oxygen atoms in total. The number of para-hydroxylation sites is 1. The van der Waals surface area contributed by atoms with E-state index < -0.39 is 11.8 Å². The van der Waals surface area contributed by atoms with Crippen LogP contribution >= 0.6 is 11.8 Å². The van der Waals surface area contributed by atoms with E-state index in [9.17, 15) is 14.4 Å². The number of carbonyl (C=O) groups excluding carboxylic acids is 2. The first-order valence-corrected chi connectivity index (χ1v) is 9.92. The first-order valence-electron chi connectivity index (χ1n) is 8.93. The van der Waals surface area contributed by atoms with Gasteiger partial charge in [-0.1, -0.05) is 23.9 Å². The van der Waals surface area contributed by atoms with Crippen LogP contribution in [0.2, 0.25) is 0 Å². The zero-order valence-electron chi connectivity index (χ0n) is 16.2. The molecular weight excluding hydrogens is 406 g/mol. The van der Waals surface area contributed by atoms with Gasteiger partial charge in [0.2, 0.25) is 11.7 Å². The molecule has 0 saturated carbocycles. The zero-order valence-corrected chi connectivity index (χ0v) is 17.0. The number of imide groups is 1. The van der Waals surface area contributed by atoms with Gasteiger partial charge in [0.15, 0.2) is 5.16 Å². The van der Waals surface area contributed by atoms with Gasteiger partial charge < -0.3 is 4.74 Å². The maximum Gasteiger partial charge on any atom is 0.262 e. The lowest BCUT2D eigenvalue weighted by Crippen LogP contribution is -2.31. The predicted octanol–water partition coefficient (Wildman–Crippen LogP) is 1.64. The van der Waals surface area contributed by atoms with Gasteiger partial charge >= 0.3 is 0 Å². The number of amides is 2. The molecule has 2 aromatic heterocycles. The number of aromatic nitrogens is 4. The molecule has 2 heterocycles. The van der Waals surface area contributed by atoms with Crippen molar-refractivity contribution in [1.82, 2.24) is 24.5 Å². The molecule has 4 rings (SSSR count). The minimum atomic E-state index is -0.498. The van der Waals surface area contributed by atoms with Crippen LogP contribution in [0.15, 0.2) is 58.5 Å². The lowest BCUT2D eigenvalue weighted by molar-refractivity contribution is -0.117. The number of aryl methyl sites for hydroxylation is 1. The van der Waals surface area contributed by atoms with E-state index in [0.717, 1.165) is 11.8 Å². The Morgan fingerprint density at radius 1 is 1.10 bits per heavy atom. The highest BCUT2D eigenvalue weighted by Gasteiger charge is 2.17. The van der Waals surface area contributed by atoms with Gasteiger partial charge in [0.05, 0.1) is 23.8 Å². The number of nitrogens with one attached hydrogen (secondary N) is 1. The summed E-state index contributed by atoms with van der Waals surface area (Å²) in [7, 11) is 3.15. The smallest absolute Gasteiger partial charge is 0.262 e. The van der Waals surface area contributed by atoms with Gasteiger partial charge in [0.1, 0.15) is 5.75 Å². The summed E-state index contributed by atoms with van der Waals surface area (Å²) >= 11 is 1.13. The molecule has 152 valence electrons. The number of methoxy groups -OCH3 is 1. The van der Waals surface area contributed by atoms with E-state index >= 15 is 0 Å². The van der Waals surface area contributed by atoms with Crippen molar-refractivity contribution >= 4 is 40.3 Å². The summed E-state index contributed by atoms with van der Waals surface area (Å²) in [5, 5.41) is 11.5. The summed E-state index contributed by atoms with van der Waals surface area (Å²) in [5.74, 6) is -0.0154. The van der Waals surface area contributed by atoms with Crippen LogP contribution in [0.25, 0.3) is 16.7 Å². The van der Waals surface area contributed by atoms with E-state index in [4.69, 9.17) is 4.74 Å². The molecule has 0 radical (unpaired) electrons. The quantitative estimate of drug-likeness (QED) is 0.486. The van der Waals surface area contributed by atoms with Crippen molar-refractivity contribution in [3.63, 3.8) is 0 Å². The largest absolute Gasteiger partial charge is 0.497 e. The number of benzene rings is 2. The molecule has 2 aromatic carbocycles. The normalized spacial score (nSPS) is 11.0. The molecule has 0 aliphatic carbocycles. The van der Waals surface area contributed by atoms with E-state index in [1.54, 1.807) is 53.9 Å². The molecule has 0 saturated heterocycles. The molecule has 0 fully saturated rings. The Kier molecular flexibility index (Phi) is 5.23. The topological polar surface area (TPSA) is 108 Å². The van der Waals surface area contributed by atoms with Gasteiger partial charge in [-0.2, -0.15) is 0 Å². The molecule has 0 aliphatic heterocycles. The third-order valence-electron chi connectivity index (χ3n) is 4.53. The molecule has 30 heavy (non-hydrogen) atoms. The van der Waals surface area contributed by atoms with Crippen molar-refractivity contribution in [3.8, 4) is 5.75 Å². The Balaban J connectivity index is 1.53. The lowest BCUT2D eigenvalue weighted by Gasteiger charge is -2.08. The molecule has 4 aromatic rings. The standard InChI is InChI=1S/C20H17N5O4S/c1-24-18(28)14-5-3-4-6-15(14)25-19(24)22-23-20(25)30-11-16(26)21-17(27)12-7-9-13(29-2)10-8-12/h3-10H,11H2,1-2H3,(H,21,26,27). The Hall–Kier alpha value is -3.66. The van der Waals surface area contributed by atoms with Crippen LogP contribution in [0, 0.1) is 0 Å². The van der Waals surface area contributed by atoms with Crippen LogP contribution in [-0.4, -0.2) is 43.8 Å². The van der Waals surface area contributed by atoms with Crippen LogP contribution in [0.5, 0.6) is 5.75 Å². The van der Waals surface area contributed by atoms with Gasteiger partial charge in [-0.25, -0.2) is 0 Å². The third kappa shape index (κ3) is 3.52. The SMILES string of the molecule is COc1ccc(C(=O)NC(=O)CSc2nnc3n(C)c(=O)c4ccccc4n23)cc1. The first kappa shape index (κ1) is 19.6. The van der Waals surface area contributed by atoms with Gasteiger partial charge in [-0.15, -0.1) is 10.2 Å². The van der Waals surface area contributed by atoms with Gasteiger partial charge in [0, 0.05) is 12.6 Å². The summed E-state index contributed by atoms with van der Waals surface area (Å²) in [6.07, 6.45) is 0. The Bertz CT molecular complexity index is 1330. The first-order chi connectivity index (χ1) is 14.5. The molecule has 0 atom stereocenters. The van der Waals surface area contributed by atoms with Crippen molar-refractivity contribution in [2.45, 2.75) is 5.16 Å². The summed E-state index contributed by atoms with van der Waals surface area (Å²) in [6, 6.07) is 13.6. The average molecular weight is 423 g/mol. The average Bonchev–Trinajstić information content (AvgIpc) is 3.20. The molecule has 1 N–H and O–H groups in total. The number of carbonyl (C=O) groups is 2. The van der Waals surface area contributed by atoms with Gasteiger partial charge in [0.25, 0.3) is 11.5 Å². The maximum atomic E-state index is 12.5. The summed E-state index contributed by atoms with van der Waals surface area (Å²) < 4.78 is 8.18. The van der Waals surface area contributed by atoms with E-state index in [1.165, 1.54) is 11.7 Å². The minimum absolute atomic E-state index is 0.0418. The van der Waals surface area contributed by atoms with Gasteiger partial charge in [-0.3, -0.25) is 28.7 Å². The van der Waals surface area contributed by atoms with Crippen molar-refractivity contribution in [2.75, 3.05) is 12.9 Å². The van der Waals surface area contributed by atoms with Crippen molar-refractivity contribution in [1.29, 1.82) is 0 Å². The van der Waals surface area contributed by atoms with Crippen LogP contribution in [-0.2, 0) is 11.8 Å². The van der Waals surface area contributed by atoms with Crippen molar-refractivity contribution in [2.24, 2.45) is 7.05 Å². The number of hydrogen-bond acceptors (Lipinski definition) is 7. The molecule has 2 amide bonds. The Morgan fingerprint density at radius 2 is 1.83 bits per heavy atom. The fraction of sp³-hybridized carbons (Fsp3) is 0.150. The molecule has 0 spiro atoms. The summed E-state index contributed by atoms with van der Waals surface area (Å²) in [6.45, 7) is 0. The molecule has 0 unspecified atom stereocenters. The number of hydrogen-bond donors (Lipinski definition) is 1. The summed E-state index contributed by atoms with van der Waals surface area (Å²) in [5.41, 5.74) is 0.825. The second-order valence-corrected chi connectivity index (χ2v) is 7.34. The Morgan fingerprint density at radius 3 is 2.57 bits per heavy atom. The molecule has 0 aliphatic rings. The van der Waals surface area contributed by atoms with Crippen LogP contribution in [0.4, 0.5) is 0 Å². The monoisotopic (exact) mass is 423 g/mol. The highest BCUT2D eigenvalue weighted by atomic mass is 32.2. The number of thioether (sulfide) groups is 1. The van der Waals surface area contributed by atoms with Crippen LogP contribution < -0.4 is 15.6 Å². The number of ether oxygens (including phenoxy) is 1. The molecular formula is C20H17N5O4S. The van der Waals surface area contributed by atoms with E-state index in [2.05, 4.69) is 15.5 Å². The molecule has 10 heteroatoms. The predicted molar refractivity (Wildman–Crippen MR) is 112 cm³/mol. The van der Waals surface area contributed by atoms with Crippen LogP contribution in [0.3, 0.4) is 0 Å². The van der Waals surface area contributed by atoms with Crippen LogP contribution in [0.1, 0.15) is 10.4 Å². The van der Waals surface area contributed by atoms with E-state index in [1.807, 2.05) is 6.07 Å². The zero-order chi connectivity index (χ0) is 21.3. The van der Waals surface area contributed by atoms with Crippen molar-refractivity contribution < 1.29 is 14.3 Å². The Labute approximate surface area is 174 Å². The highest BCUT2D eigenvalue weighted by Crippen LogP contribution is 2.21.